The Kier molecular flexibility index (Phi) is 6.56. The van der Waals surface area contributed by atoms with Crippen molar-refractivity contribution in [1.29, 1.82) is 0 Å². The Morgan fingerprint density at radius 1 is 1.20 bits per heavy atom. The maximum Gasteiger partial charge on any atom is 0.253 e. The smallest absolute Gasteiger partial charge is 0.253 e. The molecule has 2 rings (SSSR count). The molecule has 1 saturated heterocycles. The van der Waals surface area contributed by atoms with E-state index in [9.17, 15) is 13.2 Å². The van der Waals surface area contributed by atoms with Crippen LogP contribution >= 0.6 is 0 Å². The van der Waals surface area contributed by atoms with Gasteiger partial charge in [-0.2, -0.15) is 0 Å². The van der Waals surface area contributed by atoms with Crippen molar-refractivity contribution in [2.75, 3.05) is 47.3 Å². The lowest BCUT2D eigenvalue weighted by atomic mass is 10.0. The molecule has 0 aromatic heterocycles. The second-order valence-corrected chi connectivity index (χ2v) is 8.46. The first-order valence-electron chi connectivity index (χ1n) is 8.45. The third kappa shape index (κ3) is 5.50. The van der Waals surface area contributed by atoms with E-state index in [-0.39, 0.29) is 10.8 Å². The summed E-state index contributed by atoms with van der Waals surface area (Å²) in [4.78, 5) is 19.0. The molecule has 25 heavy (non-hydrogen) atoms. The van der Waals surface area contributed by atoms with Gasteiger partial charge in [0.1, 0.15) is 0 Å². The van der Waals surface area contributed by atoms with Gasteiger partial charge in [-0.1, -0.05) is 0 Å². The molecule has 1 aromatic rings. The zero-order valence-electron chi connectivity index (χ0n) is 15.2. The van der Waals surface area contributed by atoms with E-state index in [1.807, 2.05) is 4.90 Å². The Labute approximate surface area is 150 Å². The van der Waals surface area contributed by atoms with Crippen LogP contribution in [-0.2, 0) is 10.0 Å². The summed E-state index contributed by atoms with van der Waals surface area (Å²) >= 11 is 0. The SMILES string of the molecule is CN(C)CCN(C)[C@@H]1CCCN(C(=O)c2ccc(S(N)(=O)=O)cc2)C1. The van der Waals surface area contributed by atoms with E-state index in [1.165, 1.54) is 24.3 Å². The predicted molar refractivity (Wildman–Crippen MR) is 97.9 cm³/mol. The number of nitrogens with zero attached hydrogens (tertiary/aromatic N) is 3. The third-order valence-corrected chi connectivity index (χ3v) is 5.57. The van der Waals surface area contributed by atoms with Crippen LogP contribution in [0.1, 0.15) is 23.2 Å². The fourth-order valence-corrected chi connectivity index (χ4v) is 3.52. The van der Waals surface area contributed by atoms with Crippen molar-refractivity contribution in [2.24, 2.45) is 5.14 Å². The third-order valence-electron chi connectivity index (χ3n) is 4.64. The van der Waals surface area contributed by atoms with E-state index in [0.717, 1.165) is 32.5 Å². The van der Waals surface area contributed by atoms with Gasteiger partial charge in [-0.05, 0) is 58.3 Å². The Hall–Kier alpha value is -1.48. The van der Waals surface area contributed by atoms with Crippen LogP contribution in [0.5, 0.6) is 0 Å². The van der Waals surface area contributed by atoms with Gasteiger partial charge < -0.3 is 14.7 Å². The van der Waals surface area contributed by atoms with E-state index in [4.69, 9.17) is 5.14 Å². The van der Waals surface area contributed by atoms with Crippen molar-refractivity contribution >= 4 is 15.9 Å². The summed E-state index contributed by atoms with van der Waals surface area (Å²) in [5, 5.41) is 5.09. The summed E-state index contributed by atoms with van der Waals surface area (Å²) in [6, 6.07) is 6.17. The summed E-state index contributed by atoms with van der Waals surface area (Å²) < 4.78 is 22.6. The minimum Gasteiger partial charge on any atom is -0.337 e. The number of amides is 1. The number of primary sulfonamides is 1. The quantitative estimate of drug-likeness (QED) is 0.787. The molecule has 0 unspecified atom stereocenters. The average Bonchev–Trinajstić information content (AvgIpc) is 2.58. The summed E-state index contributed by atoms with van der Waals surface area (Å²) in [6.45, 7) is 3.37. The van der Waals surface area contributed by atoms with Crippen LogP contribution < -0.4 is 5.14 Å². The molecule has 0 spiro atoms. The topological polar surface area (TPSA) is 86.9 Å². The maximum absolute atomic E-state index is 12.7. The van der Waals surface area contributed by atoms with Crippen LogP contribution in [0.3, 0.4) is 0 Å². The van der Waals surface area contributed by atoms with Gasteiger partial charge in [-0.25, -0.2) is 13.6 Å². The van der Waals surface area contributed by atoms with Crippen LogP contribution in [0.4, 0.5) is 0 Å². The zero-order chi connectivity index (χ0) is 18.6. The number of hydrogen-bond donors (Lipinski definition) is 1. The van der Waals surface area contributed by atoms with Gasteiger partial charge in [0.15, 0.2) is 0 Å². The molecular formula is C17H28N4O3S. The molecule has 8 heteroatoms. The van der Waals surface area contributed by atoms with Gasteiger partial charge in [0.05, 0.1) is 4.90 Å². The van der Waals surface area contributed by atoms with E-state index < -0.39 is 10.0 Å². The average molecular weight is 369 g/mol. The molecule has 1 fully saturated rings. The summed E-state index contributed by atoms with van der Waals surface area (Å²) in [5.41, 5.74) is 0.490. The molecule has 0 bridgehead atoms. The number of carbonyl (C=O) groups excluding carboxylic acids is 1. The summed E-state index contributed by atoms with van der Waals surface area (Å²) in [7, 11) is 2.46. The first-order chi connectivity index (χ1) is 11.7. The maximum atomic E-state index is 12.7. The molecule has 140 valence electrons. The molecule has 1 atom stereocenters. The van der Waals surface area contributed by atoms with Crippen LogP contribution in [0.15, 0.2) is 29.2 Å². The predicted octanol–water partition coefficient (Wildman–Crippen LogP) is 0.432. The molecule has 0 aliphatic carbocycles. The van der Waals surface area contributed by atoms with Crippen molar-refractivity contribution in [3.63, 3.8) is 0 Å². The lowest BCUT2D eigenvalue weighted by Gasteiger charge is -2.38. The normalized spacial score (nSPS) is 18.8. The number of nitrogens with two attached hydrogens (primary N) is 1. The van der Waals surface area contributed by atoms with Crippen molar-refractivity contribution in [3.8, 4) is 0 Å². The zero-order valence-corrected chi connectivity index (χ0v) is 16.0. The first kappa shape index (κ1) is 19.8. The molecule has 1 aliphatic heterocycles. The highest BCUT2D eigenvalue weighted by Crippen LogP contribution is 2.18. The van der Waals surface area contributed by atoms with Crippen LogP contribution in [0.25, 0.3) is 0 Å². The van der Waals surface area contributed by atoms with E-state index in [0.29, 0.717) is 18.2 Å². The molecule has 0 radical (unpaired) electrons. The van der Waals surface area contributed by atoms with Gasteiger partial charge in [0.25, 0.3) is 5.91 Å². The standard InChI is InChI=1S/C17H28N4O3S/c1-19(2)11-12-20(3)15-5-4-10-21(13-15)17(22)14-6-8-16(9-7-14)25(18,23)24/h6-9,15H,4-5,10-13H2,1-3H3,(H2,18,23,24)/t15-/m1/s1. The Balaban J connectivity index is 2.01. The first-order valence-corrected chi connectivity index (χ1v) is 10.00. The fraction of sp³-hybridized carbons (Fsp3) is 0.588. The lowest BCUT2D eigenvalue weighted by Crippen LogP contribution is -2.49. The van der Waals surface area contributed by atoms with Crippen molar-refractivity contribution < 1.29 is 13.2 Å². The van der Waals surface area contributed by atoms with Crippen molar-refractivity contribution in [1.82, 2.24) is 14.7 Å². The van der Waals surface area contributed by atoms with Crippen LogP contribution in [-0.4, -0.2) is 82.4 Å². The Bertz CT molecular complexity index is 688. The Morgan fingerprint density at radius 3 is 2.40 bits per heavy atom. The molecule has 1 heterocycles. The number of likely N-dealkylation sites (tertiary alicyclic amines) is 1. The highest BCUT2D eigenvalue weighted by molar-refractivity contribution is 7.89. The van der Waals surface area contributed by atoms with Gasteiger partial charge in [-0.15, -0.1) is 0 Å². The minimum absolute atomic E-state index is 0.0176. The molecule has 2 N–H and O–H groups in total. The molecular weight excluding hydrogens is 340 g/mol. The molecule has 7 nitrogen and oxygen atoms in total. The highest BCUT2D eigenvalue weighted by atomic mass is 32.2. The van der Waals surface area contributed by atoms with E-state index in [1.54, 1.807) is 0 Å². The van der Waals surface area contributed by atoms with Crippen LogP contribution in [0, 0.1) is 0 Å². The van der Waals surface area contributed by atoms with Gasteiger partial charge in [-0.3, -0.25) is 4.79 Å². The monoisotopic (exact) mass is 368 g/mol. The highest BCUT2D eigenvalue weighted by Gasteiger charge is 2.27. The van der Waals surface area contributed by atoms with E-state index in [2.05, 4.69) is 30.9 Å². The van der Waals surface area contributed by atoms with E-state index >= 15 is 0 Å². The molecule has 1 aromatic carbocycles. The van der Waals surface area contributed by atoms with Gasteiger partial charge >= 0.3 is 0 Å². The second-order valence-electron chi connectivity index (χ2n) is 6.90. The number of piperidine rings is 1. The summed E-state index contributed by atoms with van der Waals surface area (Å²) in [6.07, 6.45) is 2.05. The van der Waals surface area contributed by atoms with Crippen molar-refractivity contribution in [3.05, 3.63) is 29.8 Å². The van der Waals surface area contributed by atoms with Gasteiger partial charge in [0.2, 0.25) is 10.0 Å². The second kappa shape index (κ2) is 8.27. The number of benzene rings is 1. The molecule has 1 aliphatic rings. The minimum atomic E-state index is -3.74. The number of likely N-dealkylation sites (N-methyl/N-ethyl adjacent to an activating group) is 2. The van der Waals surface area contributed by atoms with Crippen LogP contribution in [0.2, 0.25) is 0 Å². The number of carbonyl (C=O) groups is 1. The number of hydrogen-bond acceptors (Lipinski definition) is 5. The number of rotatable bonds is 6. The van der Waals surface area contributed by atoms with Crippen molar-refractivity contribution in [2.45, 2.75) is 23.8 Å². The van der Waals surface area contributed by atoms with Gasteiger partial charge in [0, 0.05) is 37.8 Å². The fourth-order valence-electron chi connectivity index (χ4n) is 3.01. The molecule has 0 saturated carbocycles. The Morgan fingerprint density at radius 2 is 1.84 bits per heavy atom. The number of sulfonamides is 1. The molecule has 1 amide bonds. The lowest BCUT2D eigenvalue weighted by molar-refractivity contribution is 0.0603. The summed E-state index contributed by atoms with van der Waals surface area (Å²) in [5.74, 6) is -0.0633. The largest absolute Gasteiger partial charge is 0.337 e.